The van der Waals surface area contributed by atoms with Crippen molar-refractivity contribution in [3.05, 3.63) is 47.8 Å². The Bertz CT molecular complexity index is 1010. The first-order chi connectivity index (χ1) is 17.9. The third kappa shape index (κ3) is 6.18. The second kappa shape index (κ2) is 11.8. The van der Waals surface area contributed by atoms with Gasteiger partial charge in [-0.05, 0) is 105 Å². The van der Waals surface area contributed by atoms with Crippen molar-refractivity contribution in [2.75, 3.05) is 0 Å². The van der Waals surface area contributed by atoms with Crippen LogP contribution in [0.2, 0.25) is 0 Å². The number of hydrogen-bond acceptors (Lipinski definition) is 5. The number of aliphatic hydroxyl groups is 3. The zero-order valence-corrected chi connectivity index (χ0v) is 24.3. The quantitative estimate of drug-likeness (QED) is 0.376. The molecule has 3 saturated carbocycles. The minimum Gasteiger partial charge on any atom is -0.392 e. The summed E-state index contributed by atoms with van der Waals surface area (Å²) in [6, 6.07) is 0. The van der Waals surface area contributed by atoms with Crippen LogP contribution in [0.5, 0.6) is 0 Å². The summed E-state index contributed by atoms with van der Waals surface area (Å²) < 4.78 is 0. The normalized spacial score (nSPS) is 36.0. The number of hydrogen-bond donors (Lipinski definition) is 3. The van der Waals surface area contributed by atoms with E-state index in [-0.39, 0.29) is 5.92 Å². The molecular formula is C32H51N3O3. The van der Waals surface area contributed by atoms with Gasteiger partial charge >= 0.3 is 0 Å². The molecule has 38 heavy (non-hydrogen) atoms. The highest BCUT2D eigenvalue weighted by molar-refractivity contribution is 5.39. The lowest BCUT2D eigenvalue weighted by atomic mass is 9.60. The standard InChI is InChI=1S/C32H51N3O3/c1-21(9-10-22(2)31(4,5)38)27-13-14-28-24(8-7-16-32(27,28)6)11-12-25-20-29(36)26(30(37)23(25)3)15-19-35-33-17-18-34-35/h11-12,17-18,21-22,26-30,36-38H,3,7-10,13-16,19-20H2,1-2,4-6H3/b24-11-,25-12-/t21-,22+,26+,27-,28+,29-,30-,32-/m1/s1. The van der Waals surface area contributed by atoms with E-state index in [9.17, 15) is 15.3 Å². The zero-order valence-electron chi connectivity index (χ0n) is 24.3. The molecule has 3 N–H and O–H groups in total. The van der Waals surface area contributed by atoms with Crippen molar-refractivity contribution in [1.82, 2.24) is 15.0 Å². The van der Waals surface area contributed by atoms with Gasteiger partial charge in [-0.1, -0.05) is 51.5 Å². The maximum atomic E-state index is 11.0. The summed E-state index contributed by atoms with van der Waals surface area (Å²) in [5, 5.41) is 40.5. The van der Waals surface area contributed by atoms with E-state index in [2.05, 4.69) is 49.7 Å². The minimum absolute atomic E-state index is 0.257. The highest BCUT2D eigenvalue weighted by Gasteiger charge is 2.50. The van der Waals surface area contributed by atoms with Gasteiger partial charge in [-0.3, -0.25) is 0 Å². The number of allylic oxidation sites excluding steroid dienone is 3. The fraction of sp³-hybridized carbons (Fsp3) is 0.750. The number of aryl methyl sites for hydroxylation is 1. The molecule has 0 spiro atoms. The molecule has 3 fully saturated rings. The molecule has 1 heterocycles. The third-order valence-electron chi connectivity index (χ3n) is 10.7. The zero-order chi connectivity index (χ0) is 27.7. The van der Waals surface area contributed by atoms with Gasteiger partial charge < -0.3 is 15.3 Å². The Morgan fingerprint density at radius 3 is 2.55 bits per heavy atom. The molecule has 8 atom stereocenters. The number of nitrogens with zero attached hydrogens (tertiary/aromatic N) is 3. The fourth-order valence-corrected chi connectivity index (χ4v) is 7.80. The highest BCUT2D eigenvalue weighted by Crippen LogP contribution is 2.60. The van der Waals surface area contributed by atoms with E-state index in [4.69, 9.17) is 0 Å². The Labute approximate surface area is 229 Å². The van der Waals surface area contributed by atoms with Crippen LogP contribution in [0.25, 0.3) is 0 Å². The van der Waals surface area contributed by atoms with Crippen molar-refractivity contribution < 1.29 is 15.3 Å². The highest BCUT2D eigenvalue weighted by atomic mass is 16.3. The molecular weight excluding hydrogens is 474 g/mol. The van der Waals surface area contributed by atoms with Crippen LogP contribution in [0.1, 0.15) is 92.4 Å². The van der Waals surface area contributed by atoms with Crippen molar-refractivity contribution in [3.8, 4) is 0 Å². The van der Waals surface area contributed by atoms with Crippen LogP contribution in [-0.4, -0.2) is 48.1 Å². The Hall–Kier alpha value is -1.76. The maximum Gasteiger partial charge on any atom is 0.0840 e. The molecule has 3 aliphatic rings. The second-order valence-electron chi connectivity index (χ2n) is 13.5. The van der Waals surface area contributed by atoms with E-state index >= 15 is 0 Å². The van der Waals surface area contributed by atoms with Gasteiger partial charge in [0, 0.05) is 5.92 Å². The van der Waals surface area contributed by atoms with Gasteiger partial charge in [-0.2, -0.15) is 15.0 Å². The molecule has 1 aromatic heterocycles. The molecule has 0 amide bonds. The smallest absolute Gasteiger partial charge is 0.0840 e. The van der Waals surface area contributed by atoms with Crippen LogP contribution in [0, 0.1) is 35.0 Å². The van der Waals surface area contributed by atoms with Crippen LogP contribution in [0.4, 0.5) is 0 Å². The summed E-state index contributed by atoms with van der Waals surface area (Å²) in [5.41, 5.74) is 2.96. The van der Waals surface area contributed by atoms with E-state index in [1.165, 1.54) is 37.7 Å². The first-order valence-corrected chi connectivity index (χ1v) is 14.9. The first-order valence-electron chi connectivity index (χ1n) is 14.9. The molecule has 0 aromatic carbocycles. The van der Waals surface area contributed by atoms with Gasteiger partial charge in [0.2, 0.25) is 0 Å². The maximum absolute atomic E-state index is 11.0. The Balaban J connectivity index is 1.41. The molecule has 6 heteroatoms. The van der Waals surface area contributed by atoms with E-state index in [1.54, 1.807) is 17.2 Å². The number of rotatable bonds is 9. The SMILES string of the molecule is C=C1/C(=C\C=C2\CCC[C@]3(C)[C@@H]([C@H](C)CC[C@H](C)C(C)(C)O)CC[C@@H]23)C[C@@H](O)[C@H](CCn2nccn2)[C@@H]1O. The van der Waals surface area contributed by atoms with Crippen molar-refractivity contribution in [1.29, 1.82) is 0 Å². The Kier molecular flexibility index (Phi) is 9.06. The summed E-state index contributed by atoms with van der Waals surface area (Å²) in [7, 11) is 0. The van der Waals surface area contributed by atoms with Crippen LogP contribution in [-0.2, 0) is 6.54 Å². The van der Waals surface area contributed by atoms with Crippen molar-refractivity contribution >= 4 is 0 Å². The lowest BCUT2D eigenvalue weighted by Gasteiger charge is -2.44. The number of aliphatic hydroxyl groups excluding tert-OH is 2. The molecule has 0 aliphatic heterocycles. The van der Waals surface area contributed by atoms with Crippen LogP contribution in [0.3, 0.4) is 0 Å². The summed E-state index contributed by atoms with van der Waals surface area (Å²) in [6.45, 7) is 15.8. The van der Waals surface area contributed by atoms with Crippen molar-refractivity contribution in [2.24, 2.45) is 35.0 Å². The second-order valence-corrected chi connectivity index (χ2v) is 13.5. The van der Waals surface area contributed by atoms with Crippen molar-refractivity contribution in [2.45, 2.75) is 117 Å². The van der Waals surface area contributed by atoms with Crippen molar-refractivity contribution in [3.63, 3.8) is 0 Å². The van der Waals surface area contributed by atoms with Crippen LogP contribution in [0.15, 0.2) is 47.8 Å². The molecule has 4 rings (SSSR count). The summed E-state index contributed by atoms with van der Waals surface area (Å²) >= 11 is 0. The summed E-state index contributed by atoms with van der Waals surface area (Å²) in [6.07, 6.45) is 15.9. The molecule has 212 valence electrons. The molecule has 1 aromatic rings. The number of fused-ring (bicyclic) bond motifs is 1. The minimum atomic E-state index is -0.751. The molecule has 0 unspecified atom stereocenters. The van der Waals surface area contributed by atoms with E-state index < -0.39 is 17.8 Å². The summed E-state index contributed by atoms with van der Waals surface area (Å²) in [5.74, 6) is 2.03. The first kappa shape index (κ1) is 29.2. The molecule has 0 saturated heterocycles. The lowest BCUT2D eigenvalue weighted by molar-refractivity contribution is 0.0110. The van der Waals surface area contributed by atoms with Gasteiger partial charge in [-0.25, -0.2) is 0 Å². The fourth-order valence-electron chi connectivity index (χ4n) is 7.80. The van der Waals surface area contributed by atoms with Gasteiger partial charge in [0.15, 0.2) is 0 Å². The molecule has 3 aliphatic carbocycles. The largest absolute Gasteiger partial charge is 0.392 e. The lowest BCUT2D eigenvalue weighted by Crippen LogP contribution is -2.39. The molecule has 0 bridgehead atoms. The van der Waals surface area contributed by atoms with Gasteiger partial charge in [-0.15, -0.1) is 0 Å². The third-order valence-corrected chi connectivity index (χ3v) is 10.7. The predicted octanol–water partition coefficient (Wildman–Crippen LogP) is 5.86. The molecule has 6 nitrogen and oxygen atoms in total. The Morgan fingerprint density at radius 2 is 1.87 bits per heavy atom. The van der Waals surface area contributed by atoms with Crippen LogP contribution >= 0.6 is 0 Å². The number of aromatic nitrogens is 3. The van der Waals surface area contributed by atoms with Gasteiger partial charge in [0.05, 0.1) is 36.7 Å². The average molecular weight is 526 g/mol. The van der Waals surface area contributed by atoms with E-state index in [0.717, 1.165) is 29.9 Å². The monoisotopic (exact) mass is 525 g/mol. The van der Waals surface area contributed by atoms with Gasteiger partial charge in [0.25, 0.3) is 0 Å². The van der Waals surface area contributed by atoms with E-state index in [1.807, 2.05) is 13.8 Å². The van der Waals surface area contributed by atoms with Gasteiger partial charge in [0.1, 0.15) is 0 Å². The summed E-state index contributed by atoms with van der Waals surface area (Å²) in [4.78, 5) is 1.60. The topological polar surface area (TPSA) is 91.4 Å². The average Bonchev–Trinajstić information content (AvgIpc) is 3.50. The predicted molar refractivity (Wildman–Crippen MR) is 152 cm³/mol. The van der Waals surface area contributed by atoms with E-state index in [0.29, 0.717) is 42.6 Å². The Morgan fingerprint density at radius 1 is 1.16 bits per heavy atom. The van der Waals surface area contributed by atoms with Crippen LogP contribution < -0.4 is 0 Å². The molecule has 0 radical (unpaired) electrons.